The van der Waals surface area contributed by atoms with E-state index >= 15 is 0 Å². The van der Waals surface area contributed by atoms with Crippen LogP contribution in [0.25, 0.3) is 0 Å². The van der Waals surface area contributed by atoms with Gasteiger partial charge in [-0.1, -0.05) is 13.8 Å². The number of rotatable bonds is 6. The van der Waals surface area contributed by atoms with Crippen LogP contribution in [0, 0.1) is 11.8 Å². The average Bonchev–Trinajstić information content (AvgIpc) is 2.59. The third kappa shape index (κ3) is 4.48. The molecule has 0 aromatic heterocycles. The van der Waals surface area contributed by atoms with Gasteiger partial charge in [-0.25, -0.2) is 8.42 Å². The fraction of sp³-hybridized carbons (Fsp3) is 0.588. The van der Waals surface area contributed by atoms with Crippen LogP contribution in [0.4, 0.5) is 0 Å². The first-order valence-electron chi connectivity index (χ1n) is 8.15. The fourth-order valence-electron chi connectivity index (χ4n) is 2.60. The monoisotopic (exact) mass is 355 g/mol. The number of benzene rings is 1. The van der Waals surface area contributed by atoms with Crippen LogP contribution < -0.4 is 4.74 Å². The van der Waals surface area contributed by atoms with Crippen molar-refractivity contribution in [3.63, 3.8) is 0 Å². The first kappa shape index (κ1) is 18.7. The maximum atomic E-state index is 12.6. The third-order valence-corrected chi connectivity index (χ3v) is 5.96. The molecule has 1 heterocycles. The number of hydrogen-bond donors (Lipinski definition) is 0. The molecular weight excluding hydrogens is 330 g/mol. The Balaban J connectivity index is 1.96. The third-order valence-electron chi connectivity index (χ3n) is 4.04. The standard InChI is InChI=1S/C17H25NO5S/c1-13(2)12-23-17(19)14-8-10-18(11-9-14)24(20,21)16-6-4-15(22-3)5-7-16/h4-7,13-14H,8-12H2,1-3H3. The average molecular weight is 355 g/mol. The van der Waals surface area contributed by atoms with E-state index in [4.69, 9.17) is 9.47 Å². The zero-order valence-corrected chi connectivity index (χ0v) is 15.2. The molecule has 1 aromatic rings. The largest absolute Gasteiger partial charge is 0.497 e. The Labute approximate surface area is 143 Å². The van der Waals surface area contributed by atoms with Gasteiger partial charge in [-0.3, -0.25) is 4.79 Å². The number of nitrogens with zero attached hydrogens (tertiary/aromatic N) is 1. The number of methoxy groups -OCH3 is 1. The maximum absolute atomic E-state index is 12.6. The van der Waals surface area contributed by atoms with Gasteiger partial charge in [0.05, 0.1) is 24.5 Å². The Kier molecular flexibility index (Phi) is 6.23. The first-order chi connectivity index (χ1) is 11.3. The minimum absolute atomic E-state index is 0.217. The molecule has 7 heteroatoms. The lowest BCUT2D eigenvalue weighted by Crippen LogP contribution is -2.40. The smallest absolute Gasteiger partial charge is 0.309 e. The second-order valence-corrected chi connectivity index (χ2v) is 8.32. The lowest BCUT2D eigenvalue weighted by atomic mass is 9.98. The highest BCUT2D eigenvalue weighted by molar-refractivity contribution is 7.89. The molecule has 0 N–H and O–H groups in total. The van der Waals surface area contributed by atoms with Crippen LogP contribution in [0.3, 0.4) is 0 Å². The van der Waals surface area contributed by atoms with Crippen LogP contribution in [0.1, 0.15) is 26.7 Å². The van der Waals surface area contributed by atoms with E-state index in [0.717, 1.165) is 0 Å². The molecule has 1 saturated heterocycles. The van der Waals surface area contributed by atoms with E-state index in [1.54, 1.807) is 12.1 Å². The van der Waals surface area contributed by atoms with Gasteiger partial charge in [0.1, 0.15) is 5.75 Å². The molecule has 24 heavy (non-hydrogen) atoms. The maximum Gasteiger partial charge on any atom is 0.309 e. The van der Waals surface area contributed by atoms with Crippen molar-refractivity contribution in [2.75, 3.05) is 26.8 Å². The highest BCUT2D eigenvalue weighted by Gasteiger charge is 2.32. The summed E-state index contributed by atoms with van der Waals surface area (Å²) in [6.07, 6.45) is 0.985. The zero-order valence-electron chi connectivity index (χ0n) is 14.4. The number of carbonyl (C=O) groups is 1. The first-order valence-corrected chi connectivity index (χ1v) is 9.59. The second kappa shape index (κ2) is 7.98. The molecule has 2 rings (SSSR count). The Hall–Kier alpha value is -1.60. The number of hydrogen-bond acceptors (Lipinski definition) is 5. The lowest BCUT2D eigenvalue weighted by molar-refractivity contribution is -0.150. The minimum Gasteiger partial charge on any atom is -0.497 e. The SMILES string of the molecule is COc1ccc(S(=O)(=O)N2CCC(C(=O)OCC(C)C)CC2)cc1. The van der Waals surface area contributed by atoms with E-state index < -0.39 is 10.0 Å². The Morgan fingerprint density at radius 1 is 1.21 bits per heavy atom. The van der Waals surface area contributed by atoms with Crippen molar-refractivity contribution in [3.8, 4) is 5.75 Å². The molecule has 0 spiro atoms. The summed E-state index contributed by atoms with van der Waals surface area (Å²) in [5.74, 6) is 0.473. The Morgan fingerprint density at radius 3 is 2.29 bits per heavy atom. The van der Waals surface area contributed by atoms with Gasteiger partial charge in [-0.05, 0) is 43.0 Å². The van der Waals surface area contributed by atoms with Crippen LogP contribution in [0.15, 0.2) is 29.2 Å². The Bertz CT molecular complexity index is 646. The van der Waals surface area contributed by atoms with Crippen molar-refractivity contribution in [2.45, 2.75) is 31.6 Å². The lowest BCUT2D eigenvalue weighted by Gasteiger charge is -2.30. The van der Waals surface area contributed by atoms with Gasteiger partial charge in [-0.15, -0.1) is 0 Å². The van der Waals surface area contributed by atoms with Crippen LogP contribution in [-0.4, -0.2) is 45.5 Å². The van der Waals surface area contributed by atoms with E-state index in [-0.39, 0.29) is 16.8 Å². The molecule has 0 radical (unpaired) electrons. The van der Waals surface area contributed by atoms with Crippen molar-refractivity contribution < 1.29 is 22.7 Å². The topological polar surface area (TPSA) is 72.9 Å². The molecule has 1 aliphatic heterocycles. The molecule has 1 aliphatic rings. The number of carbonyl (C=O) groups excluding carboxylic acids is 1. The van der Waals surface area contributed by atoms with Crippen molar-refractivity contribution in [3.05, 3.63) is 24.3 Å². The summed E-state index contributed by atoms with van der Waals surface area (Å²) in [5.41, 5.74) is 0. The minimum atomic E-state index is -3.54. The number of ether oxygens (including phenoxy) is 2. The summed E-state index contributed by atoms with van der Waals surface area (Å²) in [7, 11) is -2.00. The number of esters is 1. The molecule has 0 amide bonds. The molecule has 6 nitrogen and oxygen atoms in total. The fourth-order valence-corrected chi connectivity index (χ4v) is 4.06. The van der Waals surface area contributed by atoms with Crippen molar-refractivity contribution in [2.24, 2.45) is 11.8 Å². The van der Waals surface area contributed by atoms with E-state index in [2.05, 4.69) is 0 Å². The summed E-state index contributed by atoms with van der Waals surface area (Å²) in [4.78, 5) is 12.2. The molecule has 1 aromatic carbocycles. The summed E-state index contributed by atoms with van der Waals surface area (Å²) >= 11 is 0. The molecule has 0 aliphatic carbocycles. The molecule has 0 unspecified atom stereocenters. The Morgan fingerprint density at radius 2 is 1.79 bits per heavy atom. The van der Waals surface area contributed by atoms with Gasteiger partial charge in [0.15, 0.2) is 0 Å². The predicted octanol–water partition coefficient (Wildman–Crippen LogP) is 2.30. The summed E-state index contributed by atoms with van der Waals surface area (Å²) < 4.78 is 37.0. The molecule has 0 bridgehead atoms. The molecule has 0 atom stereocenters. The van der Waals surface area contributed by atoms with Gasteiger partial charge in [-0.2, -0.15) is 4.31 Å². The van der Waals surface area contributed by atoms with Gasteiger partial charge in [0.25, 0.3) is 0 Å². The quantitative estimate of drug-likeness (QED) is 0.732. The van der Waals surface area contributed by atoms with Gasteiger partial charge in [0.2, 0.25) is 10.0 Å². The van der Waals surface area contributed by atoms with Crippen molar-refractivity contribution in [1.82, 2.24) is 4.31 Å². The molecular formula is C17H25NO5S. The summed E-state index contributed by atoms with van der Waals surface area (Å²) in [6, 6.07) is 6.33. The van der Waals surface area contributed by atoms with Crippen LogP contribution >= 0.6 is 0 Å². The van der Waals surface area contributed by atoms with E-state index in [1.807, 2.05) is 13.8 Å². The summed E-state index contributed by atoms with van der Waals surface area (Å²) in [5, 5.41) is 0. The van der Waals surface area contributed by atoms with Crippen molar-refractivity contribution in [1.29, 1.82) is 0 Å². The highest BCUT2D eigenvalue weighted by atomic mass is 32.2. The number of sulfonamides is 1. The highest BCUT2D eigenvalue weighted by Crippen LogP contribution is 2.25. The summed E-state index contributed by atoms with van der Waals surface area (Å²) in [6.45, 7) is 5.03. The second-order valence-electron chi connectivity index (χ2n) is 6.38. The van der Waals surface area contributed by atoms with Gasteiger partial charge < -0.3 is 9.47 Å². The van der Waals surface area contributed by atoms with E-state index in [0.29, 0.717) is 44.2 Å². The van der Waals surface area contributed by atoms with Crippen LogP contribution in [0.5, 0.6) is 5.75 Å². The van der Waals surface area contributed by atoms with Crippen molar-refractivity contribution >= 4 is 16.0 Å². The van der Waals surface area contributed by atoms with Crippen LogP contribution in [0.2, 0.25) is 0 Å². The van der Waals surface area contributed by atoms with Gasteiger partial charge in [0, 0.05) is 13.1 Å². The zero-order chi connectivity index (χ0) is 17.7. The molecule has 134 valence electrons. The number of piperidine rings is 1. The van der Waals surface area contributed by atoms with Crippen LogP contribution in [-0.2, 0) is 19.6 Å². The predicted molar refractivity (Wildman–Crippen MR) is 90.3 cm³/mol. The van der Waals surface area contributed by atoms with E-state index in [9.17, 15) is 13.2 Å². The normalized spacial score (nSPS) is 17.0. The van der Waals surface area contributed by atoms with Gasteiger partial charge >= 0.3 is 5.97 Å². The molecule has 1 fully saturated rings. The molecule has 0 saturated carbocycles. The van der Waals surface area contributed by atoms with E-state index in [1.165, 1.54) is 23.5 Å².